The second kappa shape index (κ2) is 21.2. The molecule has 238 valence electrons. The number of nitrogens with one attached hydrogen (secondary N) is 1. The maximum atomic E-state index is 12.0. The van der Waals surface area contributed by atoms with E-state index in [0.29, 0.717) is 19.4 Å². The molecule has 0 bridgehead atoms. The number of rotatable bonds is 17. The number of hydrogen-bond donors (Lipinski definition) is 6. The van der Waals surface area contributed by atoms with Gasteiger partial charge < -0.3 is 34.7 Å². The van der Waals surface area contributed by atoms with Gasteiger partial charge in [0.1, 0.15) is 6.10 Å². The van der Waals surface area contributed by atoms with E-state index in [0.717, 1.165) is 50.0 Å². The van der Waals surface area contributed by atoms with Crippen LogP contribution in [0.4, 0.5) is 0 Å². The van der Waals surface area contributed by atoms with Gasteiger partial charge in [0.15, 0.2) is 0 Å². The molecule has 1 aliphatic carbocycles. The molecular formula is C24H44NO11P3S2. The van der Waals surface area contributed by atoms with Crippen molar-refractivity contribution in [1.82, 2.24) is 5.32 Å². The van der Waals surface area contributed by atoms with Crippen molar-refractivity contribution in [2.24, 2.45) is 11.8 Å². The molecule has 0 aromatic rings. The Kier molecular flexibility index (Phi) is 19.5. The molecule has 6 N–H and O–H groups in total. The van der Waals surface area contributed by atoms with Crippen LogP contribution in [0, 0.1) is 23.7 Å². The summed E-state index contributed by atoms with van der Waals surface area (Å²) in [6.45, 7) is 2.08. The molecule has 2 rings (SSSR count). The highest BCUT2D eigenvalue weighted by molar-refractivity contribution is 8.76. The lowest BCUT2D eigenvalue weighted by Crippen LogP contribution is -2.27. The largest absolute Gasteiger partial charge is 0.479 e. The Morgan fingerprint density at radius 1 is 1.12 bits per heavy atom. The first-order valence-corrected chi connectivity index (χ1v) is 20.2. The topological polar surface area (TPSA) is 184 Å². The number of ether oxygens (including phenoxy) is 1. The molecule has 0 aromatic carbocycles. The van der Waals surface area contributed by atoms with Crippen LogP contribution in [0.15, 0.2) is 0 Å². The number of hydrogen-bond acceptors (Lipinski definition) is 12. The summed E-state index contributed by atoms with van der Waals surface area (Å²) in [4.78, 5) is 48.5. The highest BCUT2D eigenvalue weighted by Crippen LogP contribution is 2.59. The number of carbonyl (C=O) groups excluding carboxylic acids is 1. The van der Waals surface area contributed by atoms with Gasteiger partial charge in [-0.15, -0.1) is 0 Å². The van der Waals surface area contributed by atoms with Crippen LogP contribution >= 0.6 is 46.6 Å². The third-order valence-corrected chi connectivity index (χ3v) is 12.3. The van der Waals surface area contributed by atoms with Gasteiger partial charge in [-0.3, -0.25) is 9.32 Å². The van der Waals surface area contributed by atoms with E-state index in [-0.39, 0.29) is 23.8 Å². The van der Waals surface area contributed by atoms with Gasteiger partial charge in [-0.25, -0.2) is 13.2 Å². The van der Waals surface area contributed by atoms with Gasteiger partial charge in [0.2, 0.25) is 5.91 Å². The van der Waals surface area contributed by atoms with Crippen molar-refractivity contribution in [3.8, 4) is 11.8 Å². The fourth-order valence-electron chi connectivity index (χ4n) is 4.68. The van der Waals surface area contributed by atoms with Crippen molar-refractivity contribution < 1.29 is 51.9 Å². The minimum absolute atomic E-state index is 0.0218. The molecule has 12 nitrogen and oxygen atoms in total. The quantitative estimate of drug-likeness (QED) is 0.0536. The number of unbranched alkanes of at least 4 members (excludes halogenated alkanes) is 2. The van der Waals surface area contributed by atoms with Crippen molar-refractivity contribution in [3.05, 3.63) is 0 Å². The van der Waals surface area contributed by atoms with Gasteiger partial charge in [-0.05, 0) is 38.0 Å². The molecule has 7 unspecified atom stereocenters. The van der Waals surface area contributed by atoms with Crippen LogP contribution in [-0.4, -0.2) is 73.6 Å². The minimum atomic E-state index is -4.78. The maximum absolute atomic E-state index is 12.0. The zero-order valence-corrected chi connectivity index (χ0v) is 27.7. The van der Waals surface area contributed by atoms with Crippen molar-refractivity contribution in [2.45, 2.75) is 95.9 Å². The maximum Gasteiger partial charge on any atom is 0.479 e. The fraction of sp³-hybridized carbons (Fsp3) is 0.875. The Bertz CT molecular complexity index is 866. The molecule has 41 heavy (non-hydrogen) atoms. The predicted octanol–water partition coefficient (Wildman–Crippen LogP) is 4.75. The molecule has 1 saturated heterocycles. The first kappa shape index (κ1) is 37.6. The Hall–Kier alpha value is 0.460. The van der Waals surface area contributed by atoms with Gasteiger partial charge in [0.25, 0.3) is 0 Å². The second-order valence-corrected chi connectivity index (χ2v) is 16.1. The van der Waals surface area contributed by atoms with Crippen LogP contribution in [-0.2, 0) is 27.2 Å². The van der Waals surface area contributed by atoms with Crippen LogP contribution in [0.3, 0.4) is 0 Å². The summed E-state index contributed by atoms with van der Waals surface area (Å²) < 4.78 is 31.2. The minimum Gasteiger partial charge on any atom is -0.390 e. The molecule has 2 fully saturated rings. The smallest absolute Gasteiger partial charge is 0.390 e. The summed E-state index contributed by atoms with van der Waals surface area (Å²) in [6, 6.07) is 0. The molecule has 1 heterocycles. The van der Waals surface area contributed by atoms with Gasteiger partial charge in [0, 0.05) is 30.3 Å². The summed E-state index contributed by atoms with van der Waals surface area (Å²) in [5.41, 5.74) is 0. The first-order chi connectivity index (χ1) is 19.6. The molecule has 1 saturated carbocycles. The zero-order chi connectivity index (χ0) is 30.1. The normalized spacial score (nSPS) is 27.3. The van der Waals surface area contributed by atoms with Crippen LogP contribution < -0.4 is 5.32 Å². The van der Waals surface area contributed by atoms with E-state index in [4.69, 9.17) is 19.0 Å². The Morgan fingerprint density at radius 3 is 2.63 bits per heavy atom. The summed E-state index contributed by atoms with van der Waals surface area (Å²) in [5, 5.41) is 13.3. The lowest BCUT2D eigenvalue weighted by atomic mass is 9.82. The number of carbonyl (C=O) groups is 1. The Balaban J connectivity index is 1.69. The van der Waals surface area contributed by atoms with E-state index in [1.165, 1.54) is 19.3 Å². The molecule has 7 atom stereocenters. The molecular weight excluding hydrogens is 635 g/mol. The fourth-order valence-corrected chi connectivity index (χ4v) is 8.93. The van der Waals surface area contributed by atoms with E-state index in [1.807, 2.05) is 10.8 Å². The van der Waals surface area contributed by atoms with Crippen LogP contribution in [0.2, 0.25) is 0 Å². The SMILES string of the molecule is CCCCCSSCCC(=O)NCC#CC1CCCCC(C2CC(O)C(COP(=O)(O)OP(O)OP(O)O)O2)CC1. The van der Waals surface area contributed by atoms with Crippen molar-refractivity contribution in [2.75, 3.05) is 24.7 Å². The average Bonchev–Trinajstić information content (AvgIpc) is 3.25. The molecule has 2 aliphatic rings. The number of phosphoric ester groups is 1. The molecule has 1 aliphatic heterocycles. The number of aliphatic hydroxyl groups is 1. The zero-order valence-electron chi connectivity index (χ0n) is 23.3. The number of amides is 1. The number of aliphatic hydroxyl groups excluding tert-OH is 1. The second-order valence-electron chi connectivity index (χ2n) is 9.95. The molecule has 17 heteroatoms. The van der Waals surface area contributed by atoms with Gasteiger partial charge in [-0.1, -0.05) is 66.0 Å². The summed E-state index contributed by atoms with van der Waals surface area (Å²) in [5.74, 6) is 8.80. The first-order valence-electron chi connectivity index (χ1n) is 13.9. The Labute approximate surface area is 253 Å². The van der Waals surface area contributed by atoms with Crippen LogP contribution in [0.1, 0.15) is 77.6 Å². The van der Waals surface area contributed by atoms with Gasteiger partial charge in [0.05, 0.1) is 25.4 Å². The summed E-state index contributed by atoms with van der Waals surface area (Å²) in [7, 11) is -7.22. The highest BCUT2D eigenvalue weighted by atomic mass is 33.1. The predicted molar refractivity (Wildman–Crippen MR) is 162 cm³/mol. The summed E-state index contributed by atoms with van der Waals surface area (Å²) in [6.07, 6.45) is 8.26. The number of phosphoric acid groups is 1. The van der Waals surface area contributed by atoms with E-state index < -0.39 is 43.8 Å². The third-order valence-electron chi connectivity index (χ3n) is 6.77. The molecule has 0 aromatic heterocycles. The van der Waals surface area contributed by atoms with Crippen molar-refractivity contribution in [3.63, 3.8) is 0 Å². The lowest BCUT2D eigenvalue weighted by molar-refractivity contribution is -0.120. The average molecular weight is 680 g/mol. The van der Waals surface area contributed by atoms with Crippen LogP contribution in [0.5, 0.6) is 0 Å². The van der Waals surface area contributed by atoms with Gasteiger partial charge in [-0.2, -0.15) is 0 Å². The highest BCUT2D eigenvalue weighted by Gasteiger charge is 2.40. The van der Waals surface area contributed by atoms with Crippen LogP contribution in [0.25, 0.3) is 0 Å². The standard InChI is InChI=1S/C24H44NO11P3S2/c1-2-3-6-15-40-41-16-13-24(27)25-14-7-9-19-8-4-5-10-20(12-11-19)22-17-21(26)23(34-22)18-33-39(31,32)36-38(30)35-37(28)29/h19-23,26,28-30H,2-6,8,10-18H2,1H3,(H,25,27)(H,31,32). The van der Waals surface area contributed by atoms with Crippen molar-refractivity contribution in [1.29, 1.82) is 0 Å². The molecule has 1 amide bonds. The molecule has 0 spiro atoms. The van der Waals surface area contributed by atoms with Gasteiger partial charge >= 0.3 is 25.0 Å². The van der Waals surface area contributed by atoms with Crippen molar-refractivity contribution >= 4 is 52.5 Å². The van der Waals surface area contributed by atoms with E-state index in [1.54, 1.807) is 10.8 Å². The third kappa shape index (κ3) is 16.9. The van der Waals surface area contributed by atoms with E-state index in [2.05, 4.69) is 32.7 Å². The Morgan fingerprint density at radius 2 is 1.88 bits per heavy atom. The monoisotopic (exact) mass is 679 g/mol. The van der Waals surface area contributed by atoms with E-state index >= 15 is 0 Å². The van der Waals surface area contributed by atoms with E-state index in [9.17, 15) is 24.3 Å². The molecule has 0 radical (unpaired) electrons. The summed E-state index contributed by atoms with van der Waals surface area (Å²) >= 11 is 0. The lowest BCUT2D eigenvalue weighted by Gasteiger charge is -2.27.